The van der Waals surface area contributed by atoms with Gasteiger partial charge in [-0.1, -0.05) is 38.1 Å². The highest BCUT2D eigenvalue weighted by molar-refractivity contribution is 7.17. The first-order valence-corrected chi connectivity index (χ1v) is 7.90. The van der Waals surface area contributed by atoms with E-state index in [4.69, 9.17) is 0 Å². The van der Waals surface area contributed by atoms with Crippen molar-refractivity contribution in [3.8, 4) is 0 Å². The Balaban J connectivity index is 1.69. The van der Waals surface area contributed by atoms with Crippen LogP contribution >= 0.6 is 11.3 Å². The molecule has 0 aliphatic heterocycles. The lowest BCUT2D eigenvalue weighted by atomic mass is 10.0. The summed E-state index contributed by atoms with van der Waals surface area (Å²) < 4.78 is 1.34. The van der Waals surface area contributed by atoms with Gasteiger partial charge >= 0.3 is 0 Å². The van der Waals surface area contributed by atoms with Gasteiger partial charge in [-0.05, 0) is 52.1 Å². The summed E-state index contributed by atoms with van der Waals surface area (Å²) in [7, 11) is 0. The van der Waals surface area contributed by atoms with Crippen LogP contribution in [-0.4, -0.2) is 0 Å². The molecule has 0 bridgehead atoms. The minimum absolute atomic E-state index is 0.595. The van der Waals surface area contributed by atoms with Crippen molar-refractivity contribution in [2.75, 3.05) is 5.32 Å². The van der Waals surface area contributed by atoms with Crippen molar-refractivity contribution >= 4 is 27.1 Å². The highest BCUT2D eigenvalue weighted by Gasteiger charge is 2.00. The third kappa shape index (κ3) is 2.86. The number of nitrogens with one attached hydrogen (secondary N) is 1. The van der Waals surface area contributed by atoms with Crippen LogP contribution in [0.25, 0.3) is 10.1 Å². The Hall–Kier alpha value is -1.80. The molecule has 1 aromatic heterocycles. The molecule has 0 aliphatic rings. The molecule has 102 valence electrons. The SMILES string of the molecule is CC(C)c1ccc(CNc2ccc3sccc3c2)cc1. The summed E-state index contributed by atoms with van der Waals surface area (Å²) in [6, 6.07) is 17.6. The lowest BCUT2D eigenvalue weighted by Gasteiger charge is -2.09. The van der Waals surface area contributed by atoms with Crippen molar-refractivity contribution in [2.24, 2.45) is 0 Å². The van der Waals surface area contributed by atoms with Crippen molar-refractivity contribution in [1.82, 2.24) is 0 Å². The van der Waals surface area contributed by atoms with Gasteiger partial charge in [0.2, 0.25) is 0 Å². The number of benzene rings is 2. The number of rotatable bonds is 4. The second-order valence-electron chi connectivity index (χ2n) is 5.42. The van der Waals surface area contributed by atoms with Crippen LogP contribution in [0.3, 0.4) is 0 Å². The molecule has 2 heteroatoms. The summed E-state index contributed by atoms with van der Waals surface area (Å²) in [5.74, 6) is 0.595. The molecule has 0 fully saturated rings. The maximum absolute atomic E-state index is 3.50. The van der Waals surface area contributed by atoms with Crippen molar-refractivity contribution < 1.29 is 0 Å². The number of hydrogen-bond acceptors (Lipinski definition) is 2. The van der Waals surface area contributed by atoms with Crippen LogP contribution in [0.1, 0.15) is 30.9 Å². The Bertz CT molecular complexity index is 695. The Labute approximate surface area is 124 Å². The fourth-order valence-electron chi connectivity index (χ4n) is 2.30. The summed E-state index contributed by atoms with van der Waals surface area (Å²) in [4.78, 5) is 0. The molecule has 0 saturated heterocycles. The molecule has 3 rings (SSSR count). The largest absolute Gasteiger partial charge is 0.381 e. The van der Waals surface area contributed by atoms with Crippen LogP contribution in [0.2, 0.25) is 0 Å². The van der Waals surface area contributed by atoms with Gasteiger partial charge < -0.3 is 5.32 Å². The standard InChI is InChI=1S/C18H19NS/c1-13(2)15-5-3-14(4-6-15)12-19-17-7-8-18-16(11-17)9-10-20-18/h3-11,13,19H,12H2,1-2H3. The molecule has 20 heavy (non-hydrogen) atoms. The first-order chi connectivity index (χ1) is 9.72. The van der Waals surface area contributed by atoms with E-state index < -0.39 is 0 Å². The van der Waals surface area contributed by atoms with E-state index in [0.717, 1.165) is 6.54 Å². The summed E-state index contributed by atoms with van der Waals surface area (Å²) in [5, 5.41) is 6.95. The minimum Gasteiger partial charge on any atom is -0.381 e. The van der Waals surface area contributed by atoms with E-state index in [0.29, 0.717) is 5.92 Å². The first kappa shape index (κ1) is 13.2. The zero-order valence-corrected chi connectivity index (χ0v) is 12.7. The summed E-state index contributed by atoms with van der Waals surface area (Å²) in [6.45, 7) is 5.32. The van der Waals surface area contributed by atoms with Gasteiger partial charge in [0.25, 0.3) is 0 Å². The summed E-state index contributed by atoms with van der Waals surface area (Å²) in [5.41, 5.74) is 3.90. The van der Waals surface area contributed by atoms with Gasteiger partial charge in [-0.3, -0.25) is 0 Å². The normalized spacial score (nSPS) is 11.2. The number of fused-ring (bicyclic) bond motifs is 1. The average Bonchev–Trinajstić information content (AvgIpc) is 2.93. The van der Waals surface area contributed by atoms with Gasteiger partial charge in [0, 0.05) is 16.9 Å². The maximum atomic E-state index is 3.50. The summed E-state index contributed by atoms with van der Waals surface area (Å²) >= 11 is 1.79. The van der Waals surface area contributed by atoms with Gasteiger partial charge in [-0.2, -0.15) is 0 Å². The average molecular weight is 281 g/mol. The molecule has 1 heterocycles. The van der Waals surface area contributed by atoms with E-state index in [1.165, 1.54) is 26.9 Å². The zero-order valence-electron chi connectivity index (χ0n) is 11.9. The van der Waals surface area contributed by atoms with Gasteiger partial charge in [0.1, 0.15) is 0 Å². The zero-order chi connectivity index (χ0) is 13.9. The predicted octanol–water partition coefficient (Wildman–Crippen LogP) is 5.64. The van der Waals surface area contributed by atoms with E-state index in [1.807, 2.05) is 0 Å². The van der Waals surface area contributed by atoms with Crippen molar-refractivity contribution in [3.05, 3.63) is 65.0 Å². The van der Waals surface area contributed by atoms with E-state index in [1.54, 1.807) is 11.3 Å². The molecule has 2 aromatic carbocycles. The van der Waals surface area contributed by atoms with Gasteiger partial charge in [0.15, 0.2) is 0 Å². The van der Waals surface area contributed by atoms with Crippen LogP contribution in [0.4, 0.5) is 5.69 Å². The Morgan fingerprint density at radius 1 is 1.00 bits per heavy atom. The number of thiophene rings is 1. The Morgan fingerprint density at radius 3 is 2.55 bits per heavy atom. The van der Waals surface area contributed by atoms with E-state index >= 15 is 0 Å². The Morgan fingerprint density at radius 2 is 1.80 bits per heavy atom. The number of anilines is 1. The van der Waals surface area contributed by atoms with Crippen LogP contribution in [0, 0.1) is 0 Å². The molecular weight excluding hydrogens is 262 g/mol. The molecule has 1 nitrogen and oxygen atoms in total. The van der Waals surface area contributed by atoms with Crippen molar-refractivity contribution in [2.45, 2.75) is 26.3 Å². The third-order valence-electron chi connectivity index (χ3n) is 3.60. The number of hydrogen-bond donors (Lipinski definition) is 1. The molecule has 0 spiro atoms. The molecule has 0 aliphatic carbocycles. The molecule has 0 amide bonds. The van der Waals surface area contributed by atoms with Crippen LogP contribution in [0.15, 0.2) is 53.9 Å². The van der Waals surface area contributed by atoms with Gasteiger partial charge in [-0.15, -0.1) is 11.3 Å². The first-order valence-electron chi connectivity index (χ1n) is 7.02. The molecule has 0 unspecified atom stereocenters. The van der Waals surface area contributed by atoms with Crippen LogP contribution in [0.5, 0.6) is 0 Å². The molecule has 0 atom stereocenters. The smallest absolute Gasteiger partial charge is 0.0400 e. The molecule has 3 aromatic rings. The minimum atomic E-state index is 0.595. The predicted molar refractivity (Wildman–Crippen MR) is 89.7 cm³/mol. The topological polar surface area (TPSA) is 12.0 Å². The highest BCUT2D eigenvalue weighted by atomic mass is 32.1. The second-order valence-corrected chi connectivity index (χ2v) is 6.37. The van der Waals surface area contributed by atoms with E-state index in [9.17, 15) is 0 Å². The summed E-state index contributed by atoms with van der Waals surface area (Å²) in [6.07, 6.45) is 0. The van der Waals surface area contributed by atoms with Crippen LogP contribution < -0.4 is 5.32 Å². The fraction of sp³-hybridized carbons (Fsp3) is 0.222. The maximum Gasteiger partial charge on any atom is 0.0400 e. The lowest BCUT2D eigenvalue weighted by molar-refractivity contribution is 0.865. The van der Waals surface area contributed by atoms with Crippen molar-refractivity contribution in [3.63, 3.8) is 0 Å². The quantitative estimate of drug-likeness (QED) is 0.653. The monoisotopic (exact) mass is 281 g/mol. The Kier molecular flexibility index (Phi) is 3.75. The fourth-order valence-corrected chi connectivity index (χ4v) is 3.07. The van der Waals surface area contributed by atoms with Crippen molar-refractivity contribution in [1.29, 1.82) is 0 Å². The third-order valence-corrected chi connectivity index (χ3v) is 4.49. The van der Waals surface area contributed by atoms with Gasteiger partial charge in [-0.25, -0.2) is 0 Å². The molecular formula is C18H19NS. The lowest BCUT2D eigenvalue weighted by Crippen LogP contribution is -1.99. The molecule has 0 saturated carbocycles. The van der Waals surface area contributed by atoms with E-state index in [2.05, 4.69) is 73.1 Å². The molecule has 1 N–H and O–H groups in total. The molecule has 0 radical (unpaired) electrons. The van der Waals surface area contributed by atoms with E-state index in [-0.39, 0.29) is 0 Å². The van der Waals surface area contributed by atoms with Gasteiger partial charge in [0.05, 0.1) is 0 Å². The second kappa shape index (κ2) is 5.68. The highest BCUT2D eigenvalue weighted by Crippen LogP contribution is 2.24. The van der Waals surface area contributed by atoms with Crippen LogP contribution in [-0.2, 0) is 6.54 Å².